The number of piperidine rings is 2. The van der Waals surface area contributed by atoms with Crippen molar-refractivity contribution in [2.24, 2.45) is 5.41 Å². The summed E-state index contributed by atoms with van der Waals surface area (Å²) in [7, 11) is 4.28. The molecule has 0 radical (unpaired) electrons. The maximum Gasteiger partial charge on any atom is 0.324 e. The van der Waals surface area contributed by atoms with Gasteiger partial charge in [0, 0.05) is 61.1 Å². The maximum atomic E-state index is 15.4. The van der Waals surface area contributed by atoms with E-state index in [0.717, 1.165) is 61.8 Å². The van der Waals surface area contributed by atoms with Gasteiger partial charge >= 0.3 is 11.9 Å². The molecule has 0 bridgehead atoms. The van der Waals surface area contributed by atoms with Crippen molar-refractivity contribution in [2.45, 2.75) is 232 Å². The first-order valence-corrected chi connectivity index (χ1v) is 22.5. The Bertz CT molecular complexity index is 1430. The van der Waals surface area contributed by atoms with Gasteiger partial charge in [-0.3, -0.25) is 19.4 Å². The van der Waals surface area contributed by atoms with Crippen molar-refractivity contribution < 1.29 is 33.6 Å². The van der Waals surface area contributed by atoms with Gasteiger partial charge in [0.1, 0.15) is 18.0 Å². The lowest BCUT2D eigenvalue weighted by molar-refractivity contribution is -0.188. The van der Waals surface area contributed by atoms with Gasteiger partial charge in [0.25, 0.3) is 0 Å². The number of likely N-dealkylation sites (tertiary alicyclic amines) is 2. The summed E-state index contributed by atoms with van der Waals surface area (Å²) in [4.78, 5) is 35.5. The molecule has 1 aromatic rings. The molecule has 3 aliphatic heterocycles. The van der Waals surface area contributed by atoms with Crippen molar-refractivity contribution in [1.29, 1.82) is 0 Å². The molecule has 58 heavy (non-hydrogen) atoms. The molecule has 332 valence electrons. The van der Waals surface area contributed by atoms with E-state index in [9.17, 15) is 5.11 Å². The monoisotopic (exact) mass is 813 g/mol. The Labute approximate surface area is 353 Å². The highest BCUT2D eigenvalue weighted by atomic mass is 16.7. The lowest BCUT2D eigenvalue weighted by Gasteiger charge is -2.53. The lowest BCUT2D eigenvalue weighted by atomic mass is 9.73. The van der Waals surface area contributed by atoms with Crippen molar-refractivity contribution in [3.8, 4) is 5.75 Å². The smallest absolute Gasteiger partial charge is 0.324 e. The van der Waals surface area contributed by atoms with Gasteiger partial charge in [-0.05, 0) is 136 Å². The summed E-state index contributed by atoms with van der Waals surface area (Å²) in [5.74, 6) is -0.719. The van der Waals surface area contributed by atoms with Crippen LogP contribution in [0.3, 0.4) is 0 Å². The quantitative estimate of drug-likeness (QED) is 0.112. The normalized spacial score (nSPS) is 23.4. The van der Waals surface area contributed by atoms with Crippen LogP contribution in [0.4, 0.5) is 0 Å². The minimum absolute atomic E-state index is 0.115. The van der Waals surface area contributed by atoms with Gasteiger partial charge in [0.05, 0.1) is 0 Å². The van der Waals surface area contributed by atoms with Crippen LogP contribution in [0.15, 0.2) is 12.1 Å². The molecule has 1 N–H and O–H groups in total. The third-order valence-electron chi connectivity index (χ3n) is 14.1. The highest BCUT2D eigenvalue weighted by Gasteiger charge is 2.54. The summed E-state index contributed by atoms with van der Waals surface area (Å²) in [6, 6.07) is 4.02. The van der Waals surface area contributed by atoms with Crippen LogP contribution < -0.4 is 0 Å². The second kappa shape index (κ2) is 18.0. The number of phenolic OH excluding ortho intramolecular Hbond substituents is 1. The number of aromatic hydroxyl groups is 1. The number of hydrogen-bond acceptors (Lipinski definition) is 9. The minimum Gasteiger partial charge on any atom is -0.507 e. The average molecular weight is 813 g/mol. The molecule has 0 aromatic heterocycles. The molecule has 3 saturated heterocycles. The van der Waals surface area contributed by atoms with E-state index in [0.29, 0.717) is 45.1 Å². The molecule has 3 heterocycles. The minimum atomic E-state index is -1.59. The first kappa shape index (κ1) is 48.5. The number of carbonyl (C=O) groups excluding carboxylic acids is 2. The lowest BCUT2D eigenvalue weighted by Crippen LogP contribution is -2.61. The Morgan fingerprint density at radius 1 is 0.707 bits per heavy atom. The Kier molecular flexibility index (Phi) is 15.1. The summed E-state index contributed by atoms with van der Waals surface area (Å²) < 4.78 is 25.2. The Morgan fingerprint density at radius 3 is 1.53 bits per heavy atom. The van der Waals surface area contributed by atoms with Gasteiger partial charge in [-0.25, -0.2) is 0 Å². The van der Waals surface area contributed by atoms with Gasteiger partial charge in [0.15, 0.2) is 11.7 Å². The molecule has 0 amide bonds. The van der Waals surface area contributed by atoms with Crippen LogP contribution in [0.1, 0.15) is 191 Å². The standard InChI is InChI=1S/C49H84N2O7/c1-43(2,3)37-27-34(28-38(40(37)52)44(4,5)6)29-49(24-20-17-18-21-25-55-39-23-19-22-26-56-39,41(53)57-35-30-45(7,8)50(15)46(9,10)31-35)42(54)58-36-32-47(11,12)51(16)48(13,14)33-36/h27-28,35-36,39,52H,17-26,29-33H2,1-16H3. The molecule has 1 aromatic carbocycles. The number of unbranched alkanes of at least 4 members (excludes halogenated alkanes) is 3. The number of ether oxygens (including phenoxy) is 4. The Hall–Kier alpha value is -2.20. The molecule has 1 atom stereocenters. The first-order chi connectivity index (χ1) is 26.5. The van der Waals surface area contributed by atoms with Gasteiger partial charge in [-0.1, -0.05) is 72.9 Å². The van der Waals surface area contributed by atoms with E-state index in [4.69, 9.17) is 18.9 Å². The zero-order valence-electron chi connectivity index (χ0n) is 39.8. The van der Waals surface area contributed by atoms with Gasteiger partial charge in [-0.15, -0.1) is 0 Å². The van der Waals surface area contributed by atoms with Crippen LogP contribution in [0.25, 0.3) is 0 Å². The van der Waals surface area contributed by atoms with Gasteiger partial charge in [0.2, 0.25) is 0 Å². The van der Waals surface area contributed by atoms with Crippen molar-refractivity contribution in [3.63, 3.8) is 0 Å². The fourth-order valence-electron chi connectivity index (χ4n) is 10.0. The molecule has 0 aliphatic carbocycles. The summed E-state index contributed by atoms with van der Waals surface area (Å²) >= 11 is 0. The van der Waals surface area contributed by atoms with Crippen molar-refractivity contribution in [3.05, 3.63) is 28.8 Å². The van der Waals surface area contributed by atoms with Gasteiger partial charge < -0.3 is 24.1 Å². The van der Waals surface area contributed by atoms with Crippen molar-refractivity contribution >= 4 is 11.9 Å². The Morgan fingerprint density at radius 2 is 1.14 bits per heavy atom. The average Bonchev–Trinajstić information content (AvgIpc) is 3.08. The second-order valence-electron chi connectivity index (χ2n) is 22.9. The number of hydrogen-bond donors (Lipinski definition) is 1. The molecular weight excluding hydrogens is 729 g/mol. The number of esters is 2. The molecule has 3 fully saturated rings. The number of nitrogens with zero attached hydrogens (tertiary/aromatic N) is 2. The summed E-state index contributed by atoms with van der Waals surface area (Å²) in [5.41, 5.74) is -0.805. The van der Waals surface area contributed by atoms with Crippen LogP contribution >= 0.6 is 0 Å². The molecule has 0 saturated carbocycles. The van der Waals surface area contributed by atoms with Crippen LogP contribution in [0, 0.1) is 5.41 Å². The van der Waals surface area contributed by atoms with E-state index < -0.39 is 17.4 Å². The van der Waals surface area contributed by atoms with E-state index in [1.54, 1.807) is 0 Å². The maximum absolute atomic E-state index is 15.4. The molecule has 9 nitrogen and oxygen atoms in total. The van der Waals surface area contributed by atoms with E-state index in [1.165, 1.54) is 0 Å². The van der Waals surface area contributed by atoms with E-state index >= 15 is 9.59 Å². The number of benzene rings is 1. The summed E-state index contributed by atoms with van der Waals surface area (Å²) in [6.07, 6.45) is 8.64. The van der Waals surface area contributed by atoms with Crippen LogP contribution in [0.5, 0.6) is 5.75 Å². The molecular formula is C49H84N2O7. The van der Waals surface area contributed by atoms with Crippen LogP contribution in [-0.2, 0) is 45.8 Å². The molecule has 9 heteroatoms. The first-order valence-electron chi connectivity index (χ1n) is 22.5. The molecule has 3 aliphatic rings. The van der Waals surface area contributed by atoms with E-state index in [2.05, 4.69) is 121 Å². The second-order valence-corrected chi connectivity index (χ2v) is 22.9. The zero-order chi connectivity index (χ0) is 43.7. The third-order valence-corrected chi connectivity index (χ3v) is 14.1. The predicted molar refractivity (Wildman–Crippen MR) is 234 cm³/mol. The van der Waals surface area contributed by atoms with Gasteiger partial charge in [-0.2, -0.15) is 0 Å². The molecule has 4 rings (SSSR count). The number of carbonyl (C=O) groups is 2. The topological polar surface area (TPSA) is 97.8 Å². The number of rotatable bonds is 14. The number of phenols is 1. The van der Waals surface area contributed by atoms with Crippen molar-refractivity contribution in [2.75, 3.05) is 27.3 Å². The summed E-state index contributed by atoms with van der Waals surface area (Å²) in [6.45, 7) is 31.5. The molecule has 0 spiro atoms. The van der Waals surface area contributed by atoms with Crippen LogP contribution in [0.2, 0.25) is 0 Å². The highest BCUT2D eigenvalue weighted by Crippen LogP contribution is 2.45. The predicted octanol–water partition coefficient (Wildman–Crippen LogP) is 10.4. The van der Waals surface area contributed by atoms with E-state index in [1.807, 2.05) is 12.1 Å². The third kappa shape index (κ3) is 11.6. The fourth-order valence-corrected chi connectivity index (χ4v) is 10.0. The Balaban J connectivity index is 1.77. The zero-order valence-corrected chi connectivity index (χ0v) is 39.8. The molecule has 1 unspecified atom stereocenters. The SMILES string of the molecule is CN1C(C)(C)CC(OC(=O)C(CCCCCCOC2CCCCO2)(Cc2cc(C(C)(C)C)c(O)c(C(C)(C)C)c2)C(=O)OC2CC(C)(C)N(C)C(C)(C)C2)CC1(C)C. The summed E-state index contributed by atoms with van der Waals surface area (Å²) in [5, 5.41) is 11.7. The fraction of sp³-hybridized carbons (Fsp3) is 0.837. The van der Waals surface area contributed by atoms with E-state index in [-0.39, 0.29) is 63.7 Å². The van der Waals surface area contributed by atoms with Crippen molar-refractivity contribution in [1.82, 2.24) is 9.80 Å². The van der Waals surface area contributed by atoms with Crippen LogP contribution in [-0.4, -0.2) is 94.8 Å². The largest absolute Gasteiger partial charge is 0.507 e. The highest BCUT2D eigenvalue weighted by molar-refractivity contribution is 6.00.